The number of carbonyl (C=O) groups is 1. The van der Waals surface area contributed by atoms with Gasteiger partial charge in [0.2, 0.25) is 0 Å². The van der Waals surface area contributed by atoms with E-state index in [9.17, 15) is 9.18 Å². The first-order chi connectivity index (χ1) is 15.6. The van der Waals surface area contributed by atoms with E-state index in [0.29, 0.717) is 26.2 Å². The summed E-state index contributed by atoms with van der Waals surface area (Å²) >= 11 is 0. The van der Waals surface area contributed by atoms with E-state index in [-0.39, 0.29) is 23.9 Å². The summed E-state index contributed by atoms with van der Waals surface area (Å²) in [7, 11) is 1.90. The molecule has 1 amide bonds. The third kappa shape index (κ3) is 5.69. The molecule has 1 aromatic heterocycles. The number of ether oxygens (including phenoxy) is 1. The fourth-order valence-electron chi connectivity index (χ4n) is 4.45. The van der Waals surface area contributed by atoms with Gasteiger partial charge in [0.1, 0.15) is 11.9 Å². The van der Waals surface area contributed by atoms with Crippen LogP contribution in [-0.4, -0.2) is 78.2 Å². The number of aromatic nitrogens is 1. The van der Waals surface area contributed by atoms with Crippen LogP contribution in [-0.2, 0) is 16.1 Å². The van der Waals surface area contributed by atoms with Crippen LogP contribution in [0.4, 0.5) is 4.39 Å². The Morgan fingerprint density at radius 1 is 1.22 bits per heavy atom. The molecule has 0 saturated carbocycles. The molecule has 2 aliphatic heterocycles. The number of benzene rings is 1. The van der Waals surface area contributed by atoms with Crippen molar-refractivity contribution in [2.45, 2.75) is 31.5 Å². The molecule has 2 aromatic rings. The van der Waals surface area contributed by atoms with Crippen LogP contribution in [0, 0.1) is 5.82 Å². The number of hydrazine groups is 1. The number of carbonyl (C=O) groups excluding carboxylic acids is 1. The van der Waals surface area contributed by atoms with Gasteiger partial charge in [-0.15, -0.1) is 0 Å². The highest BCUT2D eigenvalue weighted by atomic mass is 19.1. The molecule has 2 unspecified atom stereocenters. The Morgan fingerprint density at radius 3 is 2.62 bits per heavy atom. The van der Waals surface area contributed by atoms with Crippen LogP contribution < -0.4 is 5.43 Å². The topological polar surface area (TPSA) is 60.9 Å². The summed E-state index contributed by atoms with van der Waals surface area (Å²) in [6.45, 7) is 5.09. The van der Waals surface area contributed by atoms with Gasteiger partial charge in [0.05, 0.1) is 18.3 Å². The largest absolute Gasteiger partial charge is 0.368 e. The molecule has 0 radical (unpaired) electrons. The molecule has 0 spiro atoms. The van der Waals surface area contributed by atoms with Crippen molar-refractivity contribution in [3.63, 3.8) is 0 Å². The van der Waals surface area contributed by atoms with E-state index in [4.69, 9.17) is 4.74 Å². The van der Waals surface area contributed by atoms with Crippen molar-refractivity contribution in [2.75, 3.05) is 46.4 Å². The van der Waals surface area contributed by atoms with Crippen molar-refractivity contribution >= 4 is 5.91 Å². The average Bonchev–Trinajstić information content (AvgIpc) is 3.38. The van der Waals surface area contributed by atoms with Crippen molar-refractivity contribution in [1.29, 1.82) is 0 Å². The van der Waals surface area contributed by atoms with Gasteiger partial charge in [-0.3, -0.25) is 20.1 Å². The number of piperazine rings is 1. The van der Waals surface area contributed by atoms with Gasteiger partial charge in [-0.1, -0.05) is 18.2 Å². The number of nitrogens with one attached hydrogen (secondary N) is 1. The van der Waals surface area contributed by atoms with Gasteiger partial charge in [-0.25, -0.2) is 9.40 Å². The molecule has 2 aliphatic rings. The zero-order valence-electron chi connectivity index (χ0n) is 18.6. The number of rotatable bonds is 8. The lowest BCUT2D eigenvalue weighted by molar-refractivity contribution is -0.142. The minimum atomic E-state index is -0.258. The van der Waals surface area contributed by atoms with Crippen molar-refractivity contribution in [2.24, 2.45) is 0 Å². The summed E-state index contributed by atoms with van der Waals surface area (Å²) in [4.78, 5) is 21.4. The molecule has 8 heteroatoms. The molecule has 2 fully saturated rings. The molecular formula is C24H32FN5O2. The summed E-state index contributed by atoms with van der Waals surface area (Å²) in [5.74, 6) is -0.112. The van der Waals surface area contributed by atoms with Crippen LogP contribution in [0.25, 0.3) is 0 Å². The molecule has 1 N–H and O–H groups in total. The van der Waals surface area contributed by atoms with E-state index in [0.717, 1.165) is 43.7 Å². The fourth-order valence-corrected chi connectivity index (χ4v) is 4.45. The quantitative estimate of drug-likeness (QED) is 0.634. The first-order valence-electron chi connectivity index (χ1n) is 11.4. The second-order valence-corrected chi connectivity index (χ2v) is 8.37. The highest BCUT2D eigenvalue weighted by molar-refractivity contribution is 5.81. The highest BCUT2D eigenvalue weighted by Gasteiger charge is 2.31. The first-order valence-corrected chi connectivity index (χ1v) is 11.4. The second kappa shape index (κ2) is 11.0. The number of amides is 1. The molecule has 0 aliphatic carbocycles. The fraction of sp³-hybridized carbons (Fsp3) is 0.500. The Morgan fingerprint density at radius 2 is 2.00 bits per heavy atom. The summed E-state index contributed by atoms with van der Waals surface area (Å²) in [6, 6.07) is 12.6. The zero-order valence-corrected chi connectivity index (χ0v) is 18.6. The van der Waals surface area contributed by atoms with E-state index in [1.54, 1.807) is 6.20 Å². The Balaban J connectivity index is 1.43. The summed E-state index contributed by atoms with van der Waals surface area (Å²) in [6.07, 6.45) is 3.33. The van der Waals surface area contributed by atoms with Crippen LogP contribution in [0.15, 0.2) is 48.7 Å². The minimum Gasteiger partial charge on any atom is -0.368 e. The van der Waals surface area contributed by atoms with Crippen molar-refractivity contribution in [3.05, 3.63) is 65.7 Å². The van der Waals surface area contributed by atoms with Gasteiger partial charge in [0, 0.05) is 45.5 Å². The van der Waals surface area contributed by atoms with Gasteiger partial charge in [-0.05, 0) is 49.7 Å². The molecule has 3 heterocycles. The van der Waals surface area contributed by atoms with Crippen LogP contribution in [0.3, 0.4) is 0 Å². The lowest BCUT2D eigenvalue weighted by Crippen LogP contribution is -2.53. The van der Waals surface area contributed by atoms with Gasteiger partial charge < -0.3 is 9.64 Å². The number of hydrogen-bond acceptors (Lipinski definition) is 6. The van der Waals surface area contributed by atoms with Gasteiger partial charge in [-0.2, -0.15) is 0 Å². The maximum absolute atomic E-state index is 13.6. The lowest BCUT2D eigenvalue weighted by atomic mass is 10.0. The van der Waals surface area contributed by atoms with E-state index >= 15 is 0 Å². The standard InChI is InChI=1S/C24H32FN5O2/c1-26-30(17-21-5-2-3-11-27-21)22(19-7-9-20(25)10-8-19)18-28-12-14-29(15-13-28)24(31)23-6-4-16-32-23/h2-3,5,7-11,22-23,26H,4,6,12-18H2,1H3. The number of hydrogen-bond donors (Lipinski definition) is 1. The summed E-state index contributed by atoms with van der Waals surface area (Å²) in [5.41, 5.74) is 5.31. The van der Waals surface area contributed by atoms with E-state index in [1.807, 2.05) is 42.3 Å². The monoisotopic (exact) mass is 441 g/mol. The third-order valence-corrected chi connectivity index (χ3v) is 6.30. The summed E-state index contributed by atoms with van der Waals surface area (Å²) < 4.78 is 19.2. The van der Waals surface area contributed by atoms with Gasteiger partial charge in [0.15, 0.2) is 0 Å². The number of pyridine rings is 1. The Hall–Kier alpha value is -2.39. The molecule has 172 valence electrons. The van der Waals surface area contributed by atoms with Crippen LogP contribution in [0.5, 0.6) is 0 Å². The van der Waals surface area contributed by atoms with Gasteiger partial charge in [0.25, 0.3) is 5.91 Å². The highest BCUT2D eigenvalue weighted by Crippen LogP contribution is 2.24. The zero-order chi connectivity index (χ0) is 22.3. The number of halogens is 1. The first kappa shape index (κ1) is 22.8. The van der Waals surface area contributed by atoms with Crippen molar-refractivity contribution < 1.29 is 13.9 Å². The van der Waals surface area contributed by atoms with E-state index in [2.05, 4.69) is 20.3 Å². The predicted octanol–water partition coefficient (Wildman–Crippen LogP) is 2.22. The molecule has 7 nitrogen and oxygen atoms in total. The molecule has 32 heavy (non-hydrogen) atoms. The van der Waals surface area contributed by atoms with Crippen LogP contribution in [0.2, 0.25) is 0 Å². The normalized spacial score (nSPS) is 20.6. The molecule has 4 rings (SSSR count). The van der Waals surface area contributed by atoms with Crippen molar-refractivity contribution in [3.8, 4) is 0 Å². The summed E-state index contributed by atoms with van der Waals surface area (Å²) in [5, 5.41) is 2.14. The molecule has 2 atom stereocenters. The smallest absolute Gasteiger partial charge is 0.251 e. The maximum Gasteiger partial charge on any atom is 0.251 e. The van der Waals surface area contributed by atoms with Crippen LogP contribution >= 0.6 is 0 Å². The molecule has 1 aromatic carbocycles. The molecule has 2 saturated heterocycles. The van der Waals surface area contributed by atoms with E-state index < -0.39 is 0 Å². The number of nitrogens with zero attached hydrogens (tertiary/aromatic N) is 4. The minimum absolute atomic E-state index is 0.00280. The second-order valence-electron chi connectivity index (χ2n) is 8.37. The van der Waals surface area contributed by atoms with E-state index in [1.165, 1.54) is 12.1 Å². The predicted molar refractivity (Wildman–Crippen MR) is 120 cm³/mol. The Bertz CT molecular complexity index is 852. The lowest BCUT2D eigenvalue weighted by Gasteiger charge is -2.40. The Labute approximate surface area is 189 Å². The third-order valence-electron chi connectivity index (χ3n) is 6.30. The molecule has 0 bridgehead atoms. The Kier molecular flexibility index (Phi) is 7.81. The van der Waals surface area contributed by atoms with Gasteiger partial charge >= 0.3 is 0 Å². The molecular weight excluding hydrogens is 409 g/mol. The average molecular weight is 442 g/mol. The van der Waals surface area contributed by atoms with Crippen molar-refractivity contribution in [1.82, 2.24) is 25.2 Å². The SMILES string of the molecule is CNN(Cc1ccccn1)C(CN1CCN(C(=O)C2CCCO2)CC1)c1ccc(F)cc1. The van der Waals surface area contributed by atoms with Crippen LogP contribution in [0.1, 0.15) is 30.1 Å². The maximum atomic E-state index is 13.6.